The number of anilines is 2. The molecule has 2 aliphatic heterocycles. The van der Waals surface area contributed by atoms with Crippen molar-refractivity contribution in [2.75, 3.05) is 23.4 Å². The first-order chi connectivity index (χ1) is 15.8. The topological polar surface area (TPSA) is 87.0 Å². The van der Waals surface area contributed by atoms with Gasteiger partial charge in [-0.25, -0.2) is 4.98 Å². The molecule has 170 valence electrons. The third kappa shape index (κ3) is 3.72. The van der Waals surface area contributed by atoms with E-state index in [-0.39, 0.29) is 17.7 Å². The number of morpholine rings is 1. The van der Waals surface area contributed by atoms with E-state index < -0.39 is 23.3 Å². The van der Waals surface area contributed by atoms with Gasteiger partial charge in [0.1, 0.15) is 5.82 Å². The van der Waals surface area contributed by atoms with Gasteiger partial charge in [0.25, 0.3) is 0 Å². The lowest BCUT2D eigenvalue weighted by Gasteiger charge is -2.28. The number of fused-ring (bicyclic) bond motifs is 3. The van der Waals surface area contributed by atoms with Crippen molar-refractivity contribution >= 4 is 22.4 Å². The molecule has 2 saturated heterocycles. The number of hydrogen-bond donors (Lipinski definition) is 1. The van der Waals surface area contributed by atoms with E-state index >= 15 is 0 Å². The molecule has 0 amide bonds. The van der Waals surface area contributed by atoms with E-state index in [1.165, 1.54) is 18.2 Å². The van der Waals surface area contributed by atoms with Gasteiger partial charge < -0.3 is 15.0 Å². The Balaban J connectivity index is 1.54. The van der Waals surface area contributed by atoms with Gasteiger partial charge in [-0.1, -0.05) is 12.1 Å². The van der Waals surface area contributed by atoms with Gasteiger partial charge in [0.15, 0.2) is 5.82 Å². The number of benzene rings is 1. The largest absolute Gasteiger partial charge is 0.418 e. The SMILES string of the molecule is Cc1nnc(N[C@H](C)c2cccc(C#N)c2C(F)(F)F)c2cc(N3C[C@H]4C[C@@H]3CO4)ncc12. The summed E-state index contributed by atoms with van der Waals surface area (Å²) in [5.41, 5.74) is -0.699. The normalized spacial score (nSPS) is 20.8. The molecule has 7 nitrogen and oxygen atoms in total. The summed E-state index contributed by atoms with van der Waals surface area (Å²) in [5.74, 6) is 1.15. The molecule has 2 fully saturated rings. The summed E-state index contributed by atoms with van der Waals surface area (Å²) in [4.78, 5) is 6.81. The van der Waals surface area contributed by atoms with Crippen LogP contribution in [0.25, 0.3) is 10.8 Å². The summed E-state index contributed by atoms with van der Waals surface area (Å²) in [6, 6.07) is 7.05. The molecule has 3 aromatic rings. The smallest absolute Gasteiger partial charge is 0.374 e. The first-order valence-electron chi connectivity index (χ1n) is 10.6. The number of ether oxygens (including phenoxy) is 1. The number of nitrogens with one attached hydrogen (secondary N) is 1. The zero-order chi connectivity index (χ0) is 23.3. The van der Waals surface area contributed by atoms with Crippen molar-refractivity contribution in [2.45, 2.75) is 44.6 Å². The lowest BCUT2D eigenvalue weighted by molar-refractivity contribution is -0.138. The van der Waals surface area contributed by atoms with Crippen LogP contribution in [0.2, 0.25) is 0 Å². The number of pyridine rings is 1. The average molecular weight is 454 g/mol. The van der Waals surface area contributed by atoms with Crippen molar-refractivity contribution < 1.29 is 17.9 Å². The molecule has 2 aliphatic rings. The highest BCUT2D eigenvalue weighted by atomic mass is 19.4. The molecule has 0 spiro atoms. The molecule has 33 heavy (non-hydrogen) atoms. The van der Waals surface area contributed by atoms with Gasteiger partial charge in [0.05, 0.1) is 47.7 Å². The van der Waals surface area contributed by atoms with Crippen LogP contribution in [0.15, 0.2) is 30.5 Å². The van der Waals surface area contributed by atoms with E-state index in [1.54, 1.807) is 19.2 Å². The van der Waals surface area contributed by atoms with Gasteiger partial charge in [-0.2, -0.15) is 23.5 Å². The van der Waals surface area contributed by atoms with Crippen molar-refractivity contribution in [1.29, 1.82) is 5.26 Å². The molecule has 0 saturated carbocycles. The van der Waals surface area contributed by atoms with Crippen LogP contribution in [-0.4, -0.2) is 40.5 Å². The van der Waals surface area contributed by atoms with Crippen LogP contribution in [0.5, 0.6) is 0 Å². The van der Waals surface area contributed by atoms with Gasteiger partial charge in [0.2, 0.25) is 0 Å². The van der Waals surface area contributed by atoms with Crippen molar-refractivity contribution in [1.82, 2.24) is 15.2 Å². The van der Waals surface area contributed by atoms with Crippen molar-refractivity contribution in [2.24, 2.45) is 0 Å². The van der Waals surface area contributed by atoms with E-state index in [0.717, 1.165) is 29.6 Å². The molecule has 10 heteroatoms. The minimum atomic E-state index is -4.66. The Morgan fingerprint density at radius 1 is 1.27 bits per heavy atom. The minimum Gasteiger partial charge on any atom is -0.374 e. The second-order valence-corrected chi connectivity index (χ2v) is 8.46. The first-order valence-corrected chi connectivity index (χ1v) is 10.6. The quantitative estimate of drug-likeness (QED) is 0.626. The Hall–Kier alpha value is -3.45. The van der Waals surface area contributed by atoms with Crippen LogP contribution in [0, 0.1) is 18.3 Å². The summed E-state index contributed by atoms with van der Waals surface area (Å²) >= 11 is 0. The van der Waals surface area contributed by atoms with Crippen LogP contribution >= 0.6 is 0 Å². The molecule has 3 atom stereocenters. The molecule has 0 unspecified atom stereocenters. The predicted octanol–water partition coefficient (Wildman–Crippen LogP) is 4.37. The van der Waals surface area contributed by atoms with Crippen molar-refractivity contribution in [3.8, 4) is 6.07 Å². The lowest BCUT2D eigenvalue weighted by atomic mass is 9.96. The molecular formula is C23H21F3N6O. The summed E-state index contributed by atoms with van der Waals surface area (Å²) < 4.78 is 47.0. The van der Waals surface area contributed by atoms with E-state index in [0.29, 0.717) is 18.1 Å². The zero-order valence-corrected chi connectivity index (χ0v) is 18.0. The molecule has 2 bridgehead atoms. The van der Waals surface area contributed by atoms with Crippen LogP contribution in [0.4, 0.5) is 24.8 Å². The Morgan fingerprint density at radius 2 is 2.09 bits per heavy atom. The number of nitriles is 1. The van der Waals surface area contributed by atoms with Gasteiger partial charge >= 0.3 is 6.18 Å². The Morgan fingerprint density at radius 3 is 2.76 bits per heavy atom. The second-order valence-electron chi connectivity index (χ2n) is 8.46. The first kappa shape index (κ1) is 21.4. The number of aryl methyl sites for hydroxylation is 1. The summed E-state index contributed by atoms with van der Waals surface area (Å²) in [5, 5.41) is 22.2. The maximum Gasteiger partial charge on any atom is 0.418 e. The molecule has 4 heterocycles. The highest BCUT2D eigenvalue weighted by Gasteiger charge is 2.40. The van der Waals surface area contributed by atoms with E-state index in [1.807, 2.05) is 13.0 Å². The predicted molar refractivity (Wildman–Crippen MR) is 116 cm³/mol. The Kier molecular flexibility index (Phi) is 5.09. The average Bonchev–Trinajstić information content (AvgIpc) is 3.43. The van der Waals surface area contributed by atoms with Crippen LogP contribution < -0.4 is 10.2 Å². The highest BCUT2D eigenvalue weighted by Crippen LogP contribution is 2.39. The second kappa shape index (κ2) is 7.85. The van der Waals surface area contributed by atoms with Gasteiger partial charge in [0, 0.05) is 23.5 Å². The monoisotopic (exact) mass is 454 g/mol. The maximum absolute atomic E-state index is 13.8. The van der Waals surface area contributed by atoms with Crippen molar-refractivity contribution in [3.63, 3.8) is 0 Å². The van der Waals surface area contributed by atoms with E-state index in [4.69, 9.17) is 4.74 Å². The highest BCUT2D eigenvalue weighted by molar-refractivity contribution is 5.94. The molecule has 1 aromatic carbocycles. The third-order valence-electron chi connectivity index (χ3n) is 6.35. The molecule has 1 N–H and O–H groups in total. The summed E-state index contributed by atoms with van der Waals surface area (Å²) in [7, 11) is 0. The molecule has 0 aliphatic carbocycles. The van der Waals surface area contributed by atoms with E-state index in [2.05, 4.69) is 25.4 Å². The van der Waals surface area contributed by atoms with Crippen molar-refractivity contribution in [3.05, 3.63) is 52.8 Å². The third-order valence-corrected chi connectivity index (χ3v) is 6.35. The zero-order valence-electron chi connectivity index (χ0n) is 18.0. The summed E-state index contributed by atoms with van der Waals surface area (Å²) in [6.07, 6.45) is -1.76. The number of rotatable bonds is 4. The molecule has 0 radical (unpaired) electrons. The van der Waals surface area contributed by atoms with Gasteiger partial charge in [-0.3, -0.25) is 0 Å². The Bertz CT molecular complexity index is 1270. The fourth-order valence-corrected chi connectivity index (χ4v) is 4.73. The van der Waals surface area contributed by atoms with Gasteiger partial charge in [-0.15, -0.1) is 5.10 Å². The summed E-state index contributed by atoms with van der Waals surface area (Å²) in [6.45, 7) is 4.84. The number of halogens is 3. The standard InChI is InChI=1S/C23H21F3N6O/c1-12(17-5-3-4-14(8-27)21(17)23(24,25)26)29-22-18-7-20(28-9-19(18)13(2)30-31-22)32-10-16-6-15(32)11-33-16/h3-5,7,9,12,15-16H,6,10-11H2,1-2H3,(H,29,31)/t12-,15-,16-/m1/s1. The fourth-order valence-electron chi connectivity index (χ4n) is 4.73. The molecule has 2 aromatic heterocycles. The fraction of sp³-hybridized carbons (Fsp3) is 0.391. The van der Waals surface area contributed by atoms with E-state index in [9.17, 15) is 18.4 Å². The van der Waals surface area contributed by atoms with Crippen LogP contribution in [0.3, 0.4) is 0 Å². The number of nitrogens with zero attached hydrogens (tertiary/aromatic N) is 5. The van der Waals surface area contributed by atoms with Crippen LogP contribution in [-0.2, 0) is 10.9 Å². The number of aromatic nitrogens is 3. The number of alkyl halides is 3. The van der Waals surface area contributed by atoms with Crippen LogP contribution in [0.1, 0.15) is 41.8 Å². The molecule has 5 rings (SSSR count). The minimum absolute atomic E-state index is 0.0274. The molecular weight excluding hydrogens is 433 g/mol. The Labute approximate surface area is 188 Å². The number of hydrogen-bond acceptors (Lipinski definition) is 7. The maximum atomic E-state index is 13.8. The van der Waals surface area contributed by atoms with Gasteiger partial charge in [-0.05, 0) is 38.0 Å². The lowest BCUT2D eigenvalue weighted by Crippen LogP contribution is -2.37.